The van der Waals surface area contributed by atoms with Crippen molar-refractivity contribution < 1.29 is 4.79 Å². The molecule has 2 heterocycles. The van der Waals surface area contributed by atoms with Gasteiger partial charge in [-0.2, -0.15) is 0 Å². The summed E-state index contributed by atoms with van der Waals surface area (Å²) in [6.07, 6.45) is 0.234. The largest absolute Gasteiger partial charge is 0.369 e. The van der Waals surface area contributed by atoms with Crippen molar-refractivity contribution in [1.82, 2.24) is 9.97 Å². The molecule has 2 N–H and O–H groups in total. The van der Waals surface area contributed by atoms with E-state index in [1.165, 1.54) is 11.3 Å². The molecule has 0 saturated carbocycles. The second kappa shape index (κ2) is 7.09. The van der Waals surface area contributed by atoms with Gasteiger partial charge in [-0.05, 0) is 25.5 Å². The highest BCUT2D eigenvalue weighted by Gasteiger charge is 2.14. The predicted octanol–water partition coefficient (Wildman–Crippen LogP) is 4.28. The first-order chi connectivity index (χ1) is 11.5. The molecule has 0 atom stereocenters. The van der Waals surface area contributed by atoms with Crippen molar-refractivity contribution in [2.45, 2.75) is 30.4 Å². The number of thiazole rings is 1. The van der Waals surface area contributed by atoms with Crippen LogP contribution in [-0.4, -0.2) is 15.9 Å². The summed E-state index contributed by atoms with van der Waals surface area (Å²) in [7, 11) is 0. The number of para-hydroxylation sites is 1. The highest BCUT2D eigenvalue weighted by atomic mass is 35.5. The maximum atomic E-state index is 11.1. The van der Waals surface area contributed by atoms with Crippen LogP contribution in [0.4, 0.5) is 0 Å². The van der Waals surface area contributed by atoms with E-state index in [0.29, 0.717) is 10.8 Å². The molecule has 0 spiro atoms. The zero-order valence-electron chi connectivity index (χ0n) is 13.3. The summed E-state index contributed by atoms with van der Waals surface area (Å²) < 4.78 is 0.896. The van der Waals surface area contributed by atoms with Gasteiger partial charge in [0, 0.05) is 16.0 Å². The second-order valence-corrected chi connectivity index (χ2v) is 8.12. The molecule has 1 amide bonds. The number of primary amides is 1. The van der Waals surface area contributed by atoms with Crippen LogP contribution in [0.15, 0.2) is 28.6 Å². The number of thioether (sulfide) groups is 1. The number of aromatic nitrogens is 2. The van der Waals surface area contributed by atoms with Crippen molar-refractivity contribution in [3.8, 4) is 0 Å². The van der Waals surface area contributed by atoms with Crippen LogP contribution < -0.4 is 5.73 Å². The van der Waals surface area contributed by atoms with Gasteiger partial charge in [0.25, 0.3) is 0 Å². The fraction of sp³-hybridized carbons (Fsp3) is 0.235. The lowest BCUT2D eigenvalue weighted by Gasteiger charge is -2.09. The molecule has 0 saturated heterocycles. The minimum Gasteiger partial charge on any atom is -0.369 e. The van der Waals surface area contributed by atoms with Gasteiger partial charge in [-0.1, -0.05) is 41.6 Å². The summed E-state index contributed by atoms with van der Waals surface area (Å²) in [6.45, 7) is 3.91. The molecule has 0 unspecified atom stereocenters. The third-order valence-corrected chi connectivity index (χ3v) is 6.50. The number of hydrogen-bond donors (Lipinski definition) is 1. The van der Waals surface area contributed by atoms with Gasteiger partial charge in [0.05, 0.1) is 28.3 Å². The van der Waals surface area contributed by atoms with E-state index in [9.17, 15) is 4.79 Å². The molecule has 0 aliphatic heterocycles. The average molecular weight is 378 g/mol. The molecule has 124 valence electrons. The quantitative estimate of drug-likeness (QED) is 0.673. The van der Waals surface area contributed by atoms with Crippen molar-refractivity contribution in [3.63, 3.8) is 0 Å². The molecule has 2 aromatic heterocycles. The number of amides is 1. The molecule has 0 bridgehead atoms. The summed E-state index contributed by atoms with van der Waals surface area (Å²) in [6, 6.07) is 7.98. The smallest absolute Gasteiger partial charge is 0.222 e. The topological polar surface area (TPSA) is 68.9 Å². The fourth-order valence-corrected chi connectivity index (χ4v) is 4.90. The Kier molecular flexibility index (Phi) is 5.08. The number of carbonyl (C=O) groups excluding carboxylic acids is 1. The van der Waals surface area contributed by atoms with E-state index in [1.54, 1.807) is 11.8 Å². The molecule has 1 aromatic carbocycles. The maximum absolute atomic E-state index is 11.1. The molecule has 0 aliphatic rings. The molecule has 4 nitrogen and oxygen atoms in total. The average Bonchev–Trinajstić information content (AvgIpc) is 2.89. The van der Waals surface area contributed by atoms with Crippen molar-refractivity contribution in [2.75, 3.05) is 0 Å². The fourth-order valence-electron chi connectivity index (χ4n) is 2.43. The number of carbonyl (C=O) groups is 1. The van der Waals surface area contributed by atoms with Crippen LogP contribution in [0.3, 0.4) is 0 Å². The Balaban J connectivity index is 1.83. The van der Waals surface area contributed by atoms with Gasteiger partial charge in [0.1, 0.15) is 0 Å². The number of rotatable bonds is 5. The Morgan fingerprint density at radius 3 is 2.79 bits per heavy atom. The Morgan fingerprint density at radius 2 is 2.04 bits per heavy atom. The normalized spacial score (nSPS) is 11.1. The van der Waals surface area contributed by atoms with Crippen molar-refractivity contribution in [3.05, 3.63) is 51.1 Å². The van der Waals surface area contributed by atoms with Gasteiger partial charge in [-0.3, -0.25) is 9.78 Å². The standard InChI is InChI=1S/C17H16ClN3OS2/c1-9-11-5-3-4-6-12(11)21-13(16(9)18)8-23-17-20-10(2)14(24-17)7-15(19)22/h3-6H,7-8H2,1-2H3,(H2,19,22). The summed E-state index contributed by atoms with van der Waals surface area (Å²) in [5.41, 5.74) is 8.96. The van der Waals surface area contributed by atoms with Gasteiger partial charge < -0.3 is 5.73 Å². The van der Waals surface area contributed by atoms with Crippen LogP contribution in [0, 0.1) is 13.8 Å². The van der Waals surface area contributed by atoms with Gasteiger partial charge in [-0.25, -0.2) is 4.98 Å². The van der Waals surface area contributed by atoms with Gasteiger partial charge in [0.15, 0.2) is 4.34 Å². The van der Waals surface area contributed by atoms with E-state index >= 15 is 0 Å². The van der Waals surface area contributed by atoms with Crippen molar-refractivity contribution in [2.24, 2.45) is 5.73 Å². The summed E-state index contributed by atoms with van der Waals surface area (Å²) >= 11 is 9.57. The number of benzene rings is 1. The lowest BCUT2D eigenvalue weighted by molar-refractivity contribution is -0.117. The van der Waals surface area contributed by atoms with Crippen molar-refractivity contribution >= 4 is 51.5 Å². The predicted molar refractivity (Wildman–Crippen MR) is 101 cm³/mol. The van der Waals surface area contributed by atoms with E-state index in [4.69, 9.17) is 17.3 Å². The Labute approximate surface area is 153 Å². The van der Waals surface area contributed by atoms with Crippen LogP contribution in [0.25, 0.3) is 10.9 Å². The third-order valence-electron chi connectivity index (χ3n) is 3.69. The van der Waals surface area contributed by atoms with Gasteiger partial charge in [-0.15, -0.1) is 11.3 Å². The molecule has 7 heteroatoms. The number of nitrogens with two attached hydrogens (primary N) is 1. The van der Waals surface area contributed by atoms with E-state index in [-0.39, 0.29) is 12.3 Å². The first kappa shape index (κ1) is 17.2. The zero-order valence-corrected chi connectivity index (χ0v) is 15.7. The monoisotopic (exact) mass is 377 g/mol. The van der Waals surface area contributed by atoms with E-state index in [1.807, 2.05) is 38.1 Å². The first-order valence-electron chi connectivity index (χ1n) is 7.37. The number of aryl methyl sites for hydroxylation is 2. The van der Waals surface area contributed by atoms with Crippen LogP contribution in [0.2, 0.25) is 5.02 Å². The maximum Gasteiger partial charge on any atom is 0.222 e. The lowest BCUT2D eigenvalue weighted by Crippen LogP contribution is -2.13. The summed E-state index contributed by atoms with van der Waals surface area (Å²) in [5.74, 6) is 0.293. The number of fused-ring (bicyclic) bond motifs is 1. The number of nitrogens with zero attached hydrogens (tertiary/aromatic N) is 2. The van der Waals surface area contributed by atoms with Crippen LogP contribution >= 0.6 is 34.7 Å². The van der Waals surface area contributed by atoms with E-state index in [0.717, 1.165) is 37.1 Å². The van der Waals surface area contributed by atoms with Crippen LogP contribution in [0.5, 0.6) is 0 Å². The van der Waals surface area contributed by atoms with Gasteiger partial charge >= 0.3 is 0 Å². The highest BCUT2D eigenvalue weighted by molar-refractivity contribution is 8.00. The van der Waals surface area contributed by atoms with E-state index in [2.05, 4.69) is 9.97 Å². The second-order valence-electron chi connectivity index (χ2n) is 5.43. The Morgan fingerprint density at radius 1 is 1.29 bits per heavy atom. The van der Waals surface area contributed by atoms with E-state index < -0.39 is 0 Å². The molecule has 3 aromatic rings. The molecule has 3 rings (SSSR count). The summed E-state index contributed by atoms with van der Waals surface area (Å²) in [5, 5.41) is 1.77. The Bertz CT molecular complexity index is 924. The minimum absolute atomic E-state index is 0.234. The summed E-state index contributed by atoms with van der Waals surface area (Å²) in [4.78, 5) is 21.2. The SMILES string of the molecule is Cc1nc(SCc2nc3ccccc3c(C)c2Cl)sc1CC(N)=O. The lowest BCUT2D eigenvalue weighted by atomic mass is 10.1. The number of hydrogen-bond acceptors (Lipinski definition) is 5. The molecule has 0 fully saturated rings. The zero-order chi connectivity index (χ0) is 17.3. The van der Waals surface area contributed by atoms with Gasteiger partial charge in [0.2, 0.25) is 5.91 Å². The molecule has 0 aliphatic carbocycles. The third kappa shape index (κ3) is 3.55. The molecular weight excluding hydrogens is 362 g/mol. The number of halogens is 1. The van der Waals surface area contributed by atoms with Crippen LogP contribution in [-0.2, 0) is 17.0 Å². The molecular formula is C17H16ClN3OS2. The minimum atomic E-state index is -0.340. The number of pyridine rings is 1. The molecule has 0 radical (unpaired) electrons. The first-order valence-corrected chi connectivity index (χ1v) is 9.55. The highest BCUT2D eigenvalue weighted by Crippen LogP contribution is 2.33. The molecule has 24 heavy (non-hydrogen) atoms. The van der Waals surface area contributed by atoms with Crippen molar-refractivity contribution in [1.29, 1.82) is 0 Å². The Hall–Kier alpha value is -1.63. The van der Waals surface area contributed by atoms with Crippen LogP contribution in [0.1, 0.15) is 21.8 Å².